The van der Waals surface area contributed by atoms with Gasteiger partial charge >= 0.3 is 0 Å². The number of nitrogens with zero attached hydrogens (tertiary/aromatic N) is 1. The fourth-order valence-electron chi connectivity index (χ4n) is 2.66. The molecule has 1 aliphatic rings. The lowest BCUT2D eigenvalue weighted by Crippen LogP contribution is -2.47. The Labute approximate surface area is 97.1 Å². The van der Waals surface area contributed by atoms with Crippen molar-refractivity contribution in [2.45, 2.75) is 40.5 Å². The van der Waals surface area contributed by atoms with E-state index in [9.17, 15) is 4.79 Å². The van der Waals surface area contributed by atoms with Gasteiger partial charge in [-0.25, -0.2) is 0 Å². The Bertz CT molecular complexity index is 436. The van der Waals surface area contributed by atoms with E-state index in [0.29, 0.717) is 5.69 Å². The van der Waals surface area contributed by atoms with E-state index < -0.39 is 0 Å². The van der Waals surface area contributed by atoms with Crippen molar-refractivity contribution < 1.29 is 4.79 Å². The van der Waals surface area contributed by atoms with Crippen LogP contribution in [0.2, 0.25) is 0 Å². The van der Waals surface area contributed by atoms with Crippen molar-refractivity contribution in [3.63, 3.8) is 0 Å². The van der Waals surface area contributed by atoms with E-state index in [4.69, 9.17) is 0 Å². The third kappa shape index (κ3) is 1.32. The lowest BCUT2D eigenvalue weighted by molar-refractivity contribution is 0.0437. The summed E-state index contributed by atoms with van der Waals surface area (Å²) in [6, 6.07) is 3.94. The summed E-state index contributed by atoms with van der Waals surface area (Å²) in [5, 5.41) is 0. The summed E-state index contributed by atoms with van der Waals surface area (Å²) in [6.45, 7) is 8.54. The molecular weight excluding hydrogens is 198 g/mol. The number of aromatic nitrogens is 1. The number of fused-ring (bicyclic) bond motifs is 1. The summed E-state index contributed by atoms with van der Waals surface area (Å²) in [7, 11) is 0. The van der Waals surface area contributed by atoms with E-state index >= 15 is 0 Å². The van der Waals surface area contributed by atoms with E-state index in [2.05, 4.69) is 32.7 Å². The Kier molecular flexibility index (Phi) is 2.41. The first-order chi connectivity index (χ1) is 7.42. The quantitative estimate of drug-likeness (QED) is 0.722. The molecule has 2 heteroatoms. The molecule has 0 aromatic carbocycles. The summed E-state index contributed by atoms with van der Waals surface area (Å²) in [6.07, 6.45) is 3.52. The smallest absolute Gasteiger partial charge is 0.187 e. The standard InChI is InChI=1S/C14H19NO/c1-5-14(4)12(16)11-10(7-6-8-15-11)9-13(14,2)3/h6-8H,5,9H2,1-4H3. The van der Waals surface area contributed by atoms with Gasteiger partial charge in [0.15, 0.2) is 5.78 Å². The molecule has 86 valence electrons. The number of ketones is 1. The van der Waals surface area contributed by atoms with Crippen LogP contribution in [0.5, 0.6) is 0 Å². The molecule has 1 aromatic heterocycles. The molecule has 0 saturated carbocycles. The Morgan fingerprint density at radius 2 is 2.06 bits per heavy atom. The lowest BCUT2D eigenvalue weighted by Gasteiger charge is -2.46. The van der Waals surface area contributed by atoms with Gasteiger partial charge in [0.25, 0.3) is 0 Å². The van der Waals surface area contributed by atoms with Gasteiger partial charge in [-0.05, 0) is 29.9 Å². The Hall–Kier alpha value is -1.18. The number of carbonyl (C=O) groups excluding carboxylic acids is 1. The van der Waals surface area contributed by atoms with E-state index in [1.165, 1.54) is 0 Å². The van der Waals surface area contributed by atoms with Gasteiger partial charge in [0.2, 0.25) is 0 Å². The monoisotopic (exact) mass is 217 g/mol. The maximum absolute atomic E-state index is 12.5. The second-order valence-corrected chi connectivity index (χ2v) is 5.59. The fourth-order valence-corrected chi connectivity index (χ4v) is 2.66. The topological polar surface area (TPSA) is 30.0 Å². The van der Waals surface area contributed by atoms with Crippen LogP contribution in [0, 0.1) is 10.8 Å². The van der Waals surface area contributed by atoms with Crippen LogP contribution in [-0.2, 0) is 6.42 Å². The number of rotatable bonds is 1. The van der Waals surface area contributed by atoms with Gasteiger partial charge in [-0.15, -0.1) is 0 Å². The number of pyridine rings is 1. The van der Waals surface area contributed by atoms with Crippen molar-refractivity contribution in [2.24, 2.45) is 10.8 Å². The number of carbonyl (C=O) groups is 1. The van der Waals surface area contributed by atoms with Crippen molar-refractivity contribution in [1.29, 1.82) is 0 Å². The predicted octanol–water partition coefficient (Wildman–Crippen LogP) is 3.26. The highest BCUT2D eigenvalue weighted by Gasteiger charge is 2.50. The molecule has 0 bridgehead atoms. The third-order valence-corrected chi connectivity index (χ3v) is 4.44. The van der Waals surface area contributed by atoms with Gasteiger partial charge in [0.1, 0.15) is 5.69 Å². The summed E-state index contributed by atoms with van der Waals surface area (Å²) < 4.78 is 0. The van der Waals surface area contributed by atoms with Crippen LogP contribution in [0.1, 0.15) is 50.2 Å². The van der Waals surface area contributed by atoms with Gasteiger partial charge < -0.3 is 0 Å². The Morgan fingerprint density at radius 1 is 1.38 bits per heavy atom. The summed E-state index contributed by atoms with van der Waals surface area (Å²) in [5.41, 5.74) is 1.51. The SMILES string of the molecule is CCC1(C)C(=O)c2ncccc2CC1(C)C. The van der Waals surface area contributed by atoms with Gasteiger partial charge in [-0.3, -0.25) is 9.78 Å². The van der Waals surface area contributed by atoms with Crippen molar-refractivity contribution in [3.05, 3.63) is 29.6 Å². The minimum atomic E-state index is -0.283. The van der Waals surface area contributed by atoms with E-state index in [-0.39, 0.29) is 16.6 Å². The predicted molar refractivity (Wildman–Crippen MR) is 64.5 cm³/mol. The van der Waals surface area contributed by atoms with Gasteiger partial charge in [0.05, 0.1) is 0 Å². The molecule has 1 aromatic rings. The van der Waals surface area contributed by atoms with E-state index in [1.807, 2.05) is 12.1 Å². The molecule has 0 amide bonds. The Morgan fingerprint density at radius 3 is 2.69 bits per heavy atom. The van der Waals surface area contributed by atoms with Gasteiger partial charge in [-0.2, -0.15) is 0 Å². The fraction of sp³-hybridized carbons (Fsp3) is 0.571. The number of hydrogen-bond acceptors (Lipinski definition) is 2. The molecule has 1 aliphatic carbocycles. The molecule has 16 heavy (non-hydrogen) atoms. The first-order valence-electron chi connectivity index (χ1n) is 5.91. The lowest BCUT2D eigenvalue weighted by atomic mass is 9.56. The second kappa shape index (κ2) is 3.41. The van der Waals surface area contributed by atoms with Crippen LogP contribution < -0.4 is 0 Å². The third-order valence-electron chi connectivity index (χ3n) is 4.44. The summed E-state index contributed by atoms with van der Waals surface area (Å²) >= 11 is 0. The van der Waals surface area contributed by atoms with Crippen molar-refractivity contribution in [1.82, 2.24) is 4.98 Å². The summed E-state index contributed by atoms with van der Waals surface area (Å²) in [5.74, 6) is 0.210. The molecule has 1 atom stereocenters. The van der Waals surface area contributed by atoms with Crippen LogP contribution >= 0.6 is 0 Å². The average Bonchev–Trinajstić information content (AvgIpc) is 2.25. The van der Waals surface area contributed by atoms with Gasteiger partial charge in [-0.1, -0.05) is 33.8 Å². The van der Waals surface area contributed by atoms with Crippen molar-refractivity contribution in [3.8, 4) is 0 Å². The minimum absolute atomic E-state index is 0.00880. The zero-order valence-corrected chi connectivity index (χ0v) is 10.5. The normalized spacial score (nSPS) is 27.6. The van der Waals surface area contributed by atoms with Gasteiger partial charge in [0, 0.05) is 11.6 Å². The molecule has 1 heterocycles. The van der Waals surface area contributed by atoms with Crippen molar-refractivity contribution >= 4 is 5.78 Å². The average molecular weight is 217 g/mol. The number of Topliss-reactive ketones (excluding diaryl/α,β-unsaturated/α-hetero) is 1. The highest BCUT2D eigenvalue weighted by molar-refractivity contribution is 6.01. The molecule has 2 rings (SSSR count). The molecule has 2 nitrogen and oxygen atoms in total. The van der Waals surface area contributed by atoms with Crippen LogP contribution in [-0.4, -0.2) is 10.8 Å². The first kappa shape index (κ1) is 11.3. The molecule has 0 fully saturated rings. The molecule has 0 radical (unpaired) electrons. The zero-order valence-electron chi connectivity index (χ0n) is 10.5. The van der Waals surface area contributed by atoms with Crippen LogP contribution in [0.4, 0.5) is 0 Å². The molecule has 1 unspecified atom stereocenters. The molecule has 0 spiro atoms. The maximum Gasteiger partial charge on any atom is 0.187 e. The van der Waals surface area contributed by atoms with E-state index in [1.54, 1.807) is 6.20 Å². The van der Waals surface area contributed by atoms with Crippen LogP contribution in [0.3, 0.4) is 0 Å². The molecule has 0 saturated heterocycles. The largest absolute Gasteiger partial charge is 0.292 e. The summed E-state index contributed by atoms with van der Waals surface area (Å²) in [4.78, 5) is 16.8. The molecule has 0 N–H and O–H groups in total. The first-order valence-corrected chi connectivity index (χ1v) is 5.91. The van der Waals surface area contributed by atoms with Crippen molar-refractivity contribution in [2.75, 3.05) is 0 Å². The highest BCUT2D eigenvalue weighted by Crippen LogP contribution is 2.49. The van der Waals surface area contributed by atoms with E-state index in [0.717, 1.165) is 18.4 Å². The number of hydrogen-bond donors (Lipinski definition) is 0. The maximum atomic E-state index is 12.5. The van der Waals surface area contributed by atoms with Crippen LogP contribution in [0.15, 0.2) is 18.3 Å². The highest BCUT2D eigenvalue weighted by atomic mass is 16.1. The minimum Gasteiger partial charge on any atom is -0.292 e. The zero-order chi connectivity index (χ0) is 12.0. The molecular formula is C14H19NO. The van der Waals surface area contributed by atoms with Crippen LogP contribution in [0.25, 0.3) is 0 Å². The molecule has 0 aliphatic heterocycles. The Balaban J connectivity index is 2.61. The second-order valence-electron chi connectivity index (χ2n) is 5.59.